The highest BCUT2D eigenvalue weighted by atomic mass is 16.6. The Balaban J connectivity index is 0.000000238. The molecule has 126 valence electrons. The number of hydrogen-bond acceptors (Lipinski definition) is 7. The molecule has 8 nitrogen and oxygen atoms in total. The van der Waals surface area contributed by atoms with Crippen molar-refractivity contribution in [2.45, 2.75) is 34.1 Å². The average molecular weight is 323 g/mol. The minimum atomic E-state index is -0.295. The van der Waals surface area contributed by atoms with E-state index >= 15 is 0 Å². The molecule has 0 bridgehead atoms. The predicted octanol–water partition coefficient (Wildman–Crippen LogP) is 2.32. The van der Waals surface area contributed by atoms with Crippen molar-refractivity contribution in [2.24, 2.45) is 0 Å². The van der Waals surface area contributed by atoms with E-state index in [1.807, 2.05) is 6.92 Å². The number of Topliss-reactive ketones (excluding diaryl/α,β-unsaturated/α-hetero) is 1. The molecule has 2 rings (SSSR count). The molecule has 2 heterocycles. The van der Waals surface area contributed by atoms with Crippen LogP contribution in [0.1, 0.15) is 52.8 Å². The summed E-state index contributed by atoms with van der Waals surface area (Å²) in [5.41, 5.74) is 1.20. The minimum Gasteiger partial charge on any atom is -0.450 e. The molecule has 2 aromatic heterocycles. The van der Waals surface area contributed by atoms with Crippen LogP contribution in [0.4, 0.5) is 0 Å². The van der Waals surface area contributed by atoms with Crippen LogP contribution >= 0.6 is 0 Å². The third-order valence-electron chi connectivity index (χ3n) is 2.80. The lowest BCUT2D eigenvalue weighted by molar-refractivity contribution is 0.0924. The van der Waals surface area contributed by atoms with Gasteiger partial charge in [0.15, 0.2) is 17.9 Å². The first kappa shape index (κ1) is 18.4. The SMILES string of the molecule is CCC(=O)c1ocnc1C.CCOc1nc(C)c(C(=O)NC)o1. The smallest absolute Gasteiger partial charge is 0.394 e. The number of hydrogen-bond donors (Lipinski definition) is 1. The van der Waals surface area contributed by atoms with Gasteiger partial charge in [-0.15, -0.1) is 0 Å². The third kappa shape index (κ3) is 4.94. The van der Waals surface area contributed by atoms with E-state index in [0.29, 0.717) is 30.2 Å². The molecule has 0 aliphatic carbocycles. The van der Waals surface area contributed by atoms with Crippen molar-refractivity contribution in [1.82, 2.24) is 15.3 Å². The zero-order valence-electron chi connectivity index (χ0n) is 13.9. The van der Waals surface area contributed by atoms with Gasteiger partial charge in [0.05, 0.1) is 18.0 Å². The van der Waals surface area contributed by atoms with Crippen LogP contribution in [0.3, 0.4) is 0 Å². The summed E-state index contributed by atoms with van der Waals surface area (Å²) in [6, 6.07) is 0. The van der Waals surface area contributed by atoms with E-state index in [2.05, 4.69) is 15.3 Å². The quantitative estimate of drug-likeness (QED) is 0.841. The Morgan fingerprint density at radius 2 is 1.91 bits per heavy atom. The lowest BCUT2D eigenvalue weighted by Crippen LogP contribution is -2.17. The highest BCUT2D eigenvalue weighted by Gasteiger charge is 2.16. The maximum Gasteiger partial charge on any atom is 0.394 e. The lowest BCUT2D eigenvalue weighted by atomic mass is 10.2. The van der Waals surface area contributed by atoms with E-state index in [1.165, 1.54) is 13.4 Å². The zero-order chi connectivity index (χ0) is 17.4. The molecule has 0 saturated heterocycles. The molecule has 0 spiro atoms. The van der Waals surface area contributed by atoms with Crippen LogP contribution in [0.15, 0.2) is 15.2 Å². The number of ether oxygens (including phenoxy) is 1. The maximum atomic E-state index is 11.2. The van der Waals surface area contributed by atoms with Gasteiger partial charge >= 0.3 is 6.08 Å². The van der Waals surface area contributed by atoms with E-state index in [9.17, 15) is 9.59 Å². The van der Waals surface area contributed by atoms with Gasteiger partial charge in [-0.05, 0) is 20.8 Å². The predicted molar refractivity (Wildman–Crippen MR) is 81.7 cm³/mol. The molecule has 2 aromatic rings. The summed E-state index contributed by atoms with van der Waals surface area (Å²) in [4.78, 5) is 29.8. The third-order valence-corrected chi connectivity index (χ3v) is 2.80. The van der Waals surface area contributed by atoms with Crippen LogP contribution in [0.5, 0.6) is 6.08 Å². The van der Waals surface area contributed by atoms with Crippen molar-refractivity contribution < 1.29 is 23.2 Å². The van der Waals surface area contributed by atoms with Crippen molar-refractivity contribution in [2.75, 3.05) is 13.7 Å². The summed E-state index contributed by atoms with van der Waals surface area (Å²) in [6.07, 6.45) is 1.90. The first-order valence-corrected chi connectivity index (χ1v) is 7.20. The normalized spacial score (nSPS) is 9.78. The fraction of sp³-hybridized carbons (Fsp3) is 0.467. The summed E-state index contributed by atoms with van der Waals surface area (Å²) >= 11 is 0. The molecule has 0 saturated carbocycles. The Kier molecular flexibility index (Phi) is 6.98. The molecule has 0 aliphatic rings. The van der Waals surface area contributed by atoms with E-state index in [1.54, 1.807) is 20.8 Å². The number of nitrogens with zero attached hydrogens (tertiary/aromatic N) is 2. The number of amides is 1. The second-order valence-electron chi connectivity index (χ2n) is 4.45. The fourth-order valence-corrected chi connectivity index (χ4v) is 1.61. The molecular weight excluding hydrogens is 302 g/mol. The standard InChI is InChI=1S/C8H12N2O3.C7H9NO2/c1-4-12-8-10-5(2)6(13-8)7(11)9-3;1-3-6(9)7-5(2)8-4-10-7/h4H2,1-3H3,(H,9,11);4H,3H2,1-2H3. The van der Waals surface area contributed by atoms with Gasteiger partial charge < -0.3 is 18.9 Å². The zero-order valence-corrected chi connectivity index (χ0v) is 13.9. The van der Waals surface area contributed by atoms with Crippen LogP contribution < -0.4 is 10.1 Å². The molecule has 1 N–H and O–H groups in total. The van der Waals surface area contributed by atoms with E-state index in [0.717, 1.165) is 0 Å². The molecule has 8 heteroatoms. The number of aryl methyl sites for hydroxylation is 2. The van der Waals surface area contributed by atoms with Crippen LogP contribution in [0, 0.1) is 13.8 Å². The van der Waals surface area contributed by atoms with Crippen molar-refractivity contribution in [1.29, 1.82) is 0 Å². The molecule has 0 aliphatic heterocycles. The number of carbonyl (C=O) groups is 2. The average Bonchev–Trinajstić information content (AvgIpc) is 3.12. The van der Waals surface area contributed by atoms with Gasteiger partial charge in [-0.3, -0.25) is 9.59 Å². The minimum absolute atomic E-state index is 0.00926. The molecule has 0 fully saturated rings. The Labute approximate surface area is 134 Å². The second-order valence-corrected chi connectivity index (χ2v) is 4.45. The summed E-state index contributed by atoms with van der Waals surface area (Å²) in [7, 11) is 1.53. The fourth-order valence-electron chi connectivity index (χ4n) is 1.61. The molecule has 1 amide bonds. The van der Waals surface area contributed by atoms with E-state index in [4.69, 9.17) is 13.6 Å². The summed E-state index contributed by atoms with van der Waals surface area (Å²) in [6.45, 7) is 7.53. The topological polar surface area (TPSA) is 107 Å². The van der Waals surface area contributed by atoms with Crippen molar-refractivity contribution >= 4 is 11.7 Å². The van der Waals surface area contributed by atoms with Crippen molar-refractivity contribution in [3.8, 4) is 6.08 Å². The molecular formula is C15H21N3O5. The molecule has 0 radical (unpaired) electrons. The summed E-state index contributed by atoms with van der Waals surface area (Å²) in [5.74, 6) is 0.305. The summed E-state index contributed by atoms with van der Waals surface area (Å²) < 4.78 is 14.9. The number of oxazole rings is 2. The summed E-state index contributed by atoms with van der Waals surface area (Å²) in [5, 5.41) is 2.45. The number of rotatable bonds is 5. The van der Waals surface area contributed by atoms with Gasteiger partial charge in [0.1, 0.15) is 0 Å². The van der Waals surface area contributed by atoms with Gasteiger partial charge in [0.2, 0.25) is 5.76 Å². The largest absolute Gasteiger partial charge is 0.450 e. The van der Waals surface area contributed by atoms with E-state index < -0.39 is 0 Å². The van der Waals surface area contributed by atoms with Gasteiger partial charge in [0, 0.05) is 13.5 Å². The van der Waals surface area contributed by atoms with Crippen LogP contribution in [-0.4, -0.2) is 35.3 Å². The molecule has 23 heavy (non-hydrogen) atoms. The Bertz CT molecular complexity index is 660. The Morgan fingerprint density at radius 1 is 1.22 bits per heavy atom. The molecule has 0 unspecified atom stereocenters. The number of ketones is 1. The van der Waals surface area contributed by atoms with Gasteiger partial charge in [-0.2, -0.15) is 4.98 Å². The van der Waals surface area contributed by atoms with Crippen LogP contribution in [0.25, 0.3) is 0 Å². The van der Waals surface area contributed by atoms with Gasteiger partial charge in [-0.25, -0.2) is 4.98 Å². The van der Waals surface area contributed by atoms with Crippen LogP contribution in [0.2, 0.25) is 0 Å². The first-order chi connectivity index (χ1) is 10.9. The Hall–Kier alpha value is -2.64. The monoisotopic (exact) mass is 323 g/mol. The highest BCUT2D eigenvalue weighted by Crippen LogP contribution is 2.15. The maximum absolute atomic E-state index is 11.2. The van der Waals surface area contributed by atoms with E-state index in [-0.39, 0.29) is 23.5 Å². The molecule has 0 aromatic carbocycles. The van der Waals surface area contributed by atoms with Crippen molar-refractivity contribution in [3.63, 3.8) is 0 Å². The first-order valence-electron chi connectivity index (χ1n) is 7.20. The lowest BCUT2D eigenvalue weighted by Gasteiger charge is -1.94. The number of carbonyl (C=O) groups excluding carboxylic acids is 2. The number of nitrogens with one attached hydrogen (secondary N) is 1. The highest BCUT2D eigenvalue weighted by molar-refractivity contribution is 5.94. The Morgan fingerprint density at radius 3 is 2.39 bits per heavy atom. The molecule has 0 atom stereocenters. The van der Waals surface area contributed by atoms with Crippen LogP contribution in [-0.2, 0) is 0 Å². The second kappa shape index (κ2) is 8.72. The van der Waals surface area contributed by atoms with Gasteiger partial charge in [-0.1, -0.05) is 6.92 Å². The van der Waals surface area contributed by atoms with Crippen molar-refractivity contribution in [3.05, 3.63) is 29.3 Å². The number of aromatic nitrogens is 2. The van der Waals surface area contributed by atoms with Gasteiger partial charge in [0.25, 0.3) is 5.91 Å².